The lowest BCUT2D eigenvalue weighted by Gasteiger charge is -2.34. The van der Waals surface area contributed by atoms with Gasteiger partial charge < -0.3 is 19.5 Å². The van der Waals surface area contributed by atoms with Crippen LogP contribution in [0.2, 0.25) is 0 Å². The highest BCUT2D eigenvalue weighted by Crippen LogP contribution is 2.23. The number of alkyl carbamates (subject to hydrolysis) is 1. The normalized spacial score (nSPS) is 18.3. The molecule has 0 unspecified atom stereocenters. The topological polar surface area (TPSA) is 97.6 Å². The van der Waals surface area contributed by atoms with Crippen LogP contribution in [0.5, 0.6) is 0 Å². The number of hydrogen-bond acceptors (Lipinski definition) is 7. The van der Waals surface area contributed by atoms with Crippen molar-refractivity contribution in [2.75, 3.05) is 13.1 Å². The fraction of sp³-hybridized carbons (Fsp3) is 0.600. The van der Waals surface area contributed by atoms with Crippen molar-refractivity contribution in [2.24, 2.45) is 5.92 Å². The monoisotopic (exact) mass is 420 g/mol. The number of hydrogen-bond donors (Lipinski definition) is 1. The van der Waals surface area contributed by atoms with Crippen LogP contribution in [0, 0.1) is 5.92 Å². The molecule has 8 nitrogen and oxygen atoms in total. The van der Waals surface area contributed by atoms with Gasteiger partial charge in [0.1, 0.15) is 11.6 Å². The summed E-state index contributed by atoms with van der Waals surface area (Å²) in [7, 11) is 0. The van der Waals surface area contributed by atoms with Crippen molar-refractivity contribution in [1.29, 1.82) is 0 Å². The molecule has 1 saturated heterocycles. The standard InChI is InChI=1S/C20H28N4O4S/c1-13(21-19(26)27-20(2,3)4)18(25)24-8-5-6-14(11-24)10-16-22-17(23-28-16)15-7-9-29-12-15/h7,9,12-14H,5-6,8,10-11H2,1-4H3,(H,21,26)/t13-,14+/m0/s1. The van der Waals surface area contributed by atoms with Crippen LogP contribution in [-0.2, 0) is 16.0 Å². The number of nitrogens with one attached hydrogen (secondary N) is 1. The van der Waals surface area contributed by atoms with E-state index in [9.17, 15) is 9.59 Å². The number of thiophene rings is 1. The number of rotatable bonds is 5. The molecule has 1 fully saturated rings. The molecule has 1 N–H and O–H groups in total. The van der Waals surface area contributed by atoms with Crippen molar-refractivity contribution in [3.8, 4) is 11.4 Å². The van der Waals surface area contributed by atoms with E-state index in [1.807, 2.05) is 16.8 Å². The van der Waals surface area contributed by atoms with Gasteiger partial charge >= 0.3 is 6.09 Å². The molecule has 3 heterocycles. The first-order chi connectivity index (χ1) is 13.7. The predicted octanol–water partition coefficient (Wildman–Crippen LogP) is 3.49. The van der Waals surface area contributed by atoms with Gasteiger partial charge in [-0.25, -0.2) is 4.79 Å². The number of piperidine rings is 1. The SMILES string of the molecule is C[C@H](NC(=O)OC(C)(C)C)C(=O)N1CCC[C@H](Cc2nc(-c3ccsc3)no2)C1. The molecule has 0 saturated carbocycles. The fourth-order valence-electron chi connectivity index (χ4n) is 3.35. The zero-order valence-corrected chi connectivity index (χ0v) is 18.1. The molecule has 2 aromatic heterocycles. The molecule has 1 aliphatic heterocycles. The first-order valence-corrected chi connectivity index (χ1v) is 10.8. The highest BCUT2D eigenvalue weighted by atomic mass is 32.1. The van der Waals surface area contributed by atoms with E-state index in [0.717, 1.165) is 18.4 Å². The summed E-state index contributed by atoms with van der Waals surface area (Å²) >= 11 is 1.59. The highest BCUT2D eigenvalue weighted by Gasteiger charge is 2.29. The summed E-state index contributed by atoms with van der Waals surface area (Å²) in [6.45, 7) is 8.33. The van der Waals surface area contributed by atoms with Crippen LogP contribution in [0.25, 0.3) is 11.4 Å². The van der Waals surface area contributed by atoms with Crippen molar-refractivity contribution < 1.29 is 18.8 Å². The summed E-state index contributed by atoms with van der Waals surface area (Å²) in [6, 6.07) is 1.32. The van der Waals surface area contributed by atoms with Crippen molar-refractivity contribution >= 4 is 23.3 Å². The Morgan fingerprint density at radius 1 is 1.45 bits per heavy atom. The molecule has 3 rings (SSSR count). The molecular weight excluding hydrogens is 392 g/mol. The molecule has 0 spiro atoms. The van der Waals surface area contributed by atoms with Gasteiger partial charge in [0.25, 0.3) is 0 Å². The van der Waals surface area contributed by atoms with Crippen LogP contribution >= 0.6 is 11.3 Å². The Bertz CT molecular complexity index is 828. The van der Waals surface area contributed by atoms with E-state index in [2.05, 4.69) is 15.5 Å². The number of amides is 2. The number of likely N-dealkylation sites (tertiary alicyclic amines) is 1. The van der Waals surface area contributed by atoms with Gasteiger partial charge in [-0.15, -0.1) is 0 Å². The summed E-state index contributed by atoms with van der Waals surface area (Å²) in [5.41, 5.74) is 0.349. The molecule has 2 amide bonds. The van der Waals surface area contributed by atoms with Gasteiger partial charge in [0.15, 0.2) is 0 Å². The zero-order chi connectivity index (χ0) is 21.0. The maximum Gasteiger partial charge on any atom is 0.408 e. The van der Waals surface area contributed by atoms with Crippen LogP contribution in [-0.4, -0.2) is 51.8 Å². The molecule has 0 aliphatic carbocycles. The van der Waals surface area contributed by atoms with E-state index in [0.29, 0.717) is 31.2 Å². The third-order valence-corrected chi connectivity index (χ3v) is 5.33. The Morgan fingerprint density at radius 2 is 2.24 bits per heavy atom. The van der Waals surface area contributed by atoms with E-state index in [-0.39, 0.29) is 11.8 Å². The minimum absolute atomic E-state index is 0.106. The smallest absolute Gasteiger partial charge is 0.408 e. The Hall–Kier alpha value is -2.42. The number of carbonyl (C=O) groups is 2. The minimum atomic E-state index is -0.641. The van der Waals surface area contributed by atoms with Crippen LogP contribution < -0.4 is 5.32 Å². The summed E-state index contributed by atoms with van der Waals surface area (Å²) < 4.78 is 10.6. The first-order valence-electron chi connectivity index (χ1n) is 9.85. The van der Waals surface area contributed by atoms with E-state index in [1.54, 1.807) is 43.9 Å². The summed E-state index contributed by atoms with van der Waals surface area (Å²) in [4.78, 5) is 31.0. The maximum atomic E-state index is 12.8. The third-order valence-electron chi connectivity index (χ3n) is 4.65. The molecule has 2 atom stereocenters. The highest BCUT2D eigenvalue weighted by molar-refractivity contribution is 7.08. The summed E-state index contributed by atoms with van der Waals surface area (Å²) in [5.74, 6) is 1.33. The third kappa shape index (κ3) is 6.03. The van der Waals surface area contributed by atoms with Gasteiger partial charge in [0.2, 0.25) is 17.6 Å². The number of nitrogens with zero attached hydrogens (tertiary/aromatic N) is 3. The average Bonchev–Trinajstić information content (AvgIpc) is 3.31. The predicted molar refractivity (Wildman–Crippen MR) is 109 cm³/mol. The number of carbonyl (C=O) groups excluding carboxylic acids is 2. The van der Waals surface area contributed by atoms with Crippen molar-refractivity contribution in [3.05, 3.63) is 22.7 Å². The second-order valence-electron chi connectivity index (χ2n) is 8.39. The van der Waals surface area contributed by atoms with Crippen molar-refractivity contribution in [3.63, 3.8) is 0 Å². The lowest BCUT2D eigenvalue weighted by atomic mass is 9.94. The van der Waals surface area contributed by atoms with Crippen LogP contribution in [0.15, 0.2) is 21.3 Å². The fourth-order valence-corrected chi connectivity index (χ4v) is 3.98. The molecule has 2 aromatic rings. The van der Waals surface area contributed by atoms with E-state index in [1.165, 1.54) is 0 Å². The maximum absolute atomic E-state index is 12.8. The van der Waals surface area contributed by atoms with E-state index < -0.39 is 17.7 Å². The molecular formula is C20H28N4O4S. The van der Waals surface area contributed by atoms with Crippen molar-refractivity contribution in [1.82, 2.24) is 20.4 Å². The van der Waals surface area contributed by atoms with Crippen LogP contribution in [0.3, 0.4) is 0 Å². The molecule has 0 radical (unpaired) electrons. The number of aromatic nitrogens is 2. The molecule has 0 bridgehead atoms. The van der Waals surface area contributed by atoms with Gasteiger partial charge in [0.05, 0.1) is 0 Å². The summed E-state index contributed by atoms with van der Waals surface area (Å²) in [6.07, 6.45) is 1.95. The Labute approximate surface area is 174 Å². The zero-order valence-electron chi connectivity index (χ0n) is 17.3. The second-order valence-corrected chi connectivity index (χ2v) is 9.17. The Balaban J connectivity index is 1.53. The van der Waals surface area contributed by atoms with Crippen LogP contribution in [0.4, 0.5) is 4.79 Å². The lowest BCUT2D eigenvalue weighted by molar-refractivity contribution is -0.134. The Kier molecular flexibility index (Phi) is 6.56. The van der Waals surface area contributed by atoms with Crippen molar-refractivity contribution in [2.45, 2.75) is 58.6 Å². The van der Waals surface area contributed by atoms with Gasteiger partial charge in [-0.3, -0.25) is 4.79 Å². The number of ether oxygens (including phenoxy) is 1. The first kappa shape index (κ1) is 21.3. The Morgan fingerprint density at radius 3 is 2.93 bits per heavy atom. The molecule has 0 aromatic carbocycles. The van der Waals surface area contributed by atoms with E-state index >= 15 is 0 Å². The molecule has 1 aliphatic rings. The molecule has 158 valence electrons. The van der Waals surface area contributed by atoms with Gasteiger partial charge in [-0.1, -0.05) is 5.16 Å². The van der Waals surface area contributed by atoms with Gasteiger partial charge in [-0.2, -0.15) is 16.3 Å². The van der Waals surface area contributed by atoms with E-state index in [4.69, 9.17) is 9.26 Å². The van der Waals surface area contributed by atoms with Gasteiger partial charge in [0, 0.05) is 30.5 Å². The molecule has 9 heteroatoms. The summed E-state index contributed by atoms with van der Waals surface area (Å²) in [5, 5.41) is 10.6. The minimum Gasteiger partial charge on any atom is -0.444 e. The lowest BCUT2D eigenvalue weighted by Crippen LogP contribution is -2.51. The van der Waals surface area contributed by atoms with Crippen LogP contribution in [0.1, 0.15) is 46.4 Å². The second kappa shape index (κ2) is 8.94. The molecule has 29 heavy (non-hydrogen) atoms. The largest absolute Gasteiger partial charge is 0.444 e. The quantitative estimate of drug-likeness (QED) is 0.795. The average molecular weight is 421 g/mol. The van der Waals surface area contributed by atoms with Gasteiger partial charge in [-0.05, 0) is 57.9 Å².